The topological polar surface area (TPSA) is 70.6 Å². The minimum atomic E-state index is -4.77. The van der Waals surface area contributed by atoms with E-state index in [2.05, 4.69) is 20.0 Å². The predicted molar refractivity (Wildman–Crippen MR) is 89.0 cm³/mol. The second kappa shape index (κ2) is 7.50. The summed E-state index contributed by atoms with van der Waals surface area (Å²) in [7, 11) is 0. The molecule has 2 aliphatic heterocycles. The molecular formula is C16H19F6N5O2. The average Bonchev–Trinajstić information content (AvgIpc) is 2.54. The maximum atomic E-state index is 12.6. The first kappa shape index (κ1) is 21.4. The molecule has 13 heteroatoms. The van der Waals surface area contributed by atoms with Gasteiger partial charge in [-0.25, -0.2) is 9.97 Å². The summed E-state index contributed by atoms with van der Waals surface area (Å²) in [4.78, 5) is 23.0. The molecule has 0 aromatic carbocycles. The summed E-state index contributed by atoms with van der Waals surface area (Å²) in [5.74, 6) is -1.34. The smallest absolute Gasteiger partial charge is 0.358 e. The van der Waals surface area contributed by atoms with Gasteiger partial charge in [-0.1, -0.05) is 0 Å². The van der Waals surface area contributed by atoms with Gasteiger partial charge < -0.3 is 15.1 Å². The Morgan fingerprint density at radius 2 is 1.86 bits per heavy atom. The Balaban J connectivity index is 1.54. The van der Waals surface area contributed by atoms with E-state index >= 15 is 0 Å². The van der Waals surface area contributed by atoms with Crippen molar-refractivity contribution in [2.45, 2.75) is 44.6 Å². The fraction of sp³-hybridized carbons (Fsp3) is 0.688. The molecule has 2 aliphatic rings. The molecule has 3 heterocycles. The van der Waals surface area contributed by atoms with E-state index in [1.54, 1.807) is 0 Å². The molecule has 0 spiro atoms. The molecule has 7 nitrogen and oxygen atoms in total. The van der Waals surface area contributed by atoms with Crippen LogP contribution < -0.4 is 10.2 Å². The molecule has 0 saturated carbocycles. The average molecular weight is 427 g/mol. The van der Waals surface area contributed by atoms with E-state index in [-0.39, 0.29) is 25.5 Å². The highest BCUT2D eigenvalue weighted by molar-refractivity contribution is 5.85. The van der Waals surface area contributed by atoms with Gasteiger partial charge in [0.1, 0.15) is 30.1 Å². The highest BCUT2D eigenvalue weighted by Crippen LogP contribution is 2.35. The lowest BCUT2D eigenvalue weighted by Gasteiger charge is -2.46. The number of carbonyl (C=O) groups is 1. The van der Waals surface area contributed by atoms with Gasteiger partial charge in [0, 0.05) is 25.7 Å². The Hall–Kier alpha value is -2.31. The molecule has 0 unspecified atom stereocenters. The number of hydrogen-bond acceptors (Lipinski definition) is 6. The Morgan fingerprint density at radius 3 is 2.41 bits per heavy atom. The van der Waals surface area contributed by atoms with Gasteiger partial charge in [0.05, 0.1) is 12.0 Å². The number of ether oxygens (including phenoxy) is 1. The van der Waals surface area contributed by atoms with E-state index in [1.807, 2.05) is 0 Å². The fourth-order valence-corrected chi connectivity index (χ4v) is 3.18. The standard InChI is InChI=1S/C16H19F6N5O2/c1-8(14(28)27-6-11(9(27)2)29-16(20,21)22)25-12-3-13(24-7-23-12)26-4-10(5-26)15(17,18)19/h3,7-11H,4-6H2,1-2H3,(H,23,24,25)/t8-,9+,11+/m1/s1. The van der Waals surface area contributed by atoms with Crippen LogP contribution in [0, 0.1) is 5.92 Å². The second-order valence-corrected chi connectivity index (χ2v) is 7.10. The third-order valence-corrected chi connectivity index (χ3v) is 5.03. The Kier molecular flexibility index (Phi) is 5.54. The number of nitrogens with one attached hydrogen (secondary N) is 1. The maximum absolute atomic E-state index is 12.6. The van der Waals surface area contributed by atoms with Gasteiger partial charge in [0.2, 0.25) is 5.91 Å². The monoisotopic (exact) mass is 427 g/mol. The van der Waals surface area contributed by atoms with Crippen molar-refractivity contribution in [1.29, 1.82) is 0 Å². The zero-order valence-corrected chi connectivity index (χ0v) is 15.5. The molecule has 1 N–H and O–H groups in total. The summed E-state index contributed by atoms with van der Waals surface area (Å²) in [6.07, 6.45) is -8.98. The summed E-state index contributed by atoms with van der Waals surface area (Å²) in [5.41, 5.74) is 0. The zero-order chi connectivity index (χ0) is 21.6. The van der Waals surface area contributed by atoms with Crippen LogP contribution in [0.15, 0.2) is 12.4 Å². The van der Waals surface area contributed by atoms with Crippen molar-refractivity contribution in [1.82, 2.24) is 14.9 Å². The Bertz CT molecular complexity index is 752. The molecule has 0 aliphatic carbocycles. The number of amides is 1. The molecular weight excluding hydrogens is 408 g/mol. The highest BCUT2D eigenvalue weighted by atomic mass is 19.4. The molecule has 29 heavy (non-hydrogen) atoms. The number of carbonyl (C=O) groups excluding carboxylic acids is 1. The quantitative estimate of drug-likeness (QED) is 0.728. The molecule has 3 rings (SSSR count). The summed E-state index contributed by atoms with van der Waals surface area (Å²) >= 11 is 0. The number of likely N-dealkylation sites (tertiary alicyclic amines) is 1. The first-order valence-corrected chi connectivity index (χ1v) is 8.80. The van der Waals surface area contributed by atoms with Gasteiger partial charge in [-0.15, -0.1) is 13.2 Å². The fourth-order valence-electron chi connectivity index (χ4n) is 3.18. The van der Waals surface area contributed by atoms with Crippen molar-refractivity contribution in [3.63, 3.8) is 0 Å². The van der Waals surface area contributed by atoms with Crippen LogP contribution in [0.3, 0.4) is 0 Å². The first-order valence-electron chi connectivity index (χ1n) is 8.80. The van der Waals surface area contributed by atoms with Crippen molar-refractivity contribution < 1.29 is 35.9 Å². The number of rotatable bonds is 5. The van der Waals surface area contributed by atoms with Gasteiger partial charge >= 0.3 is 12.5 Å². The van der Waals surface area contributed by atoms with Crippen LogP contribution in [0.5, 0.6) is 0 Å². The SMILES string of the molecule is C[C@@H](Nc1cc(N2CC(C(F)(F)F)C2)ncn1)C(=O)N1C[C@H](OC(F)(F)F)[C@@H]1C. The van der Waals surface area contributed by atoms with E-state index in [0.29, 0.717) is 5.82 Å². The van der Waals surface area contributed by atoms with Gasteiger partial charge in [0.25, 0.3) is 0 Å². The van der Waals surface area contributed by atoms with Gasteiger partial charge in [-0.2, -0.15) is 13.2 Å². The van der Waals surface area contributed by atoms with Crippen molar-refractivity contribution in [3.8, 4) is 0 Å². The number of hydrogen-bond donors (Lipinski definition) is 1. The van der Waals surface area contributed by atoms with Crippen LogP contribution in [-0.2, 0) is 9.53 Å². The Labute approximate surface area is 162 Å². The number of aromatic nitrogens is 2. The van der Waals surface area contributed by atoms with Gasteiger partial charge in [0.15, 0.2) is 0 Å². The largest absolute Gasteiger partial charge is 0.522 e. The third-order valence-electron chi connectivity index (χ3n) is 5.03. The van der Waals surface area contributed by atoms with Crippen molar-refractivity contribution >= 4 is 17.5 Å². The van der Waals surface area contributed by atoms with Gasteiger partial charge in [-0.3, -0.25) is 9.53 Å². The number of anilines is 2. The summed E-state index contributed by atoms with van der Waals surface area (Å²) < 4.78 is 78.6. The van der Waals surface area contributed by atoms with Crippen LogP contribution >= 0.6 is 0 Å². The first-order chi connectivity index (χ1) is 13.3. The molecule has 1 aromatic rings. The molecule has 2 fully saturated rings. The van der Waals surface area contributed by atoms with E-state index in [9.17, 15) is 31.1 Å². The molecule has 1 aromatic heterocycles. The lowest BCUT2D eigenvalue weighted by atomic mass is 9.99. The molecule has 3 atom stereocenters. The third kappa shape index (κ3) is 4.82. The van der Waals surface area contributed by atoms with E-state index < -0.39 is 42.6 Å². The van der Waals surface area contributed by atoms with Crippen molar-refractivity contribution in [3.05, 3.63) is 12.4 Å². The van der Waals surface area contributed by atoms with E-state index in [4.69, 9.17) is 0 Å². The number of alkyl halides is 6. The van der Waals surface area contributed by atoms with Gasteiger partial charge in [-0.05, 0) is 13.8 Å². The predicted octanol–water partition coefficient (Wildman–Crippen LogP) is 2.41. The van der Waals surface area contributed by atoms with Crippen LogP contribution in [0.1, 0.15) is 13.8 Å². The molecule has 2 saturated heterocycles. The summed E-state index contributed by atoms with van der Waals surface area (Å²) in [6.45, 7) is 2.36. The van der Waals surface area contributed by atoms with Crippen molar-refractivity contribution in [2.24, 2.45) is 5.92 Å². The molecule has 162 valence electrons. The minimum Gasteiger partial charge on any atom is -0.358 e. The lowest BCUT2D eigenvalue weighted by Crippen LogP contribution is -2.64. The summed E-state index contributed by atoms with van der Waals surface area (Å²) in [5, 5.41) is 2.81. The van der Waals surface area contributed by atoms with Crippen molar-refractivity contribution in [2.75, 3.05) is 29.9 Å². The van der Waals surface area contributed by atoms with E-state index in [1.165, 1.54) is 29.7 Å². The highest BCUT2D eigenvalue weighted by Gasteiger charge is 2.48. The summed E-state index contributed by atoms with van der Waals surface area (Å²) in [6, 6.07) is -0.132. The second-order valence-electron chi connectivity index (χ2n) is 7.10. The normalized spacial score (nSPS) is 24.0. The van der Waals surface area contributed by atoms with Crippen LogP contribution in [0.4, 0.5) is 38.0 Å². The number of halogens is 6. The van der Waals surface area contributed by atoms with Crippen LogP contribution in [0.2, 0.25) is 0 Å². The van der Waals surface area contributed by atoms with Crippen LogP contribution in [-0.4, -0.2) is 71.1 Å². The van der Waals surface area contributed by atoms with Crippen LogP contribution in [0.25, 0.3) is 0 Å². The zero-order valence-electron chi connectivity index (χ0n) is 15.5. The van der Waals surface area contributed by atoms with E-state index in [0.717, 1.165) is 6.33 Å². The molecule has 0 radical (unpaired) electrons. The molecule has 1 amide bonds. The Morgan fingerprint density at radius 1 is 1.21 bits per heavy atom. The lowest BCUT2D eigenvalue weighted by molar-refractivity contribution is -0.359. The minimum absolute atomic E-state index is 0.187. The maximum Gasteiger partial charge on any atom is 0.522 e. The molecule has 0 bridgehead atoms. The number of nitrogens with zero attached hydrogens (tertiary/aromatic N) is 4.